The molecule has 11 heteroatoms. The number of phenolic OH excluding ortho intramolecular Hbond substituents is 2. The van der Waals surface area contributed by atoms with E-state index in [1.54, 1.807) is 46.9 Å². The molecule has 6 rings (SSSR count). The van der Waals surface area contributed by atoms with Gasteiger partial charge in [-0.3, -0.25) is 4.79 Å². The van der Waals surface area contributed by atoms with Crippen LogP contribution >= 0.6 is 21.6 Å². The van der Waals surface area contributed by atoms with Gasteiger partial charge in [-0.2, -0.15) is 0 Å². The Kier molecular flexibility index (Phi) is 9.09. The van der Waals surface area contributed by atoms with Crippen molar-refractivity contribution in [2.75, 3.05) is 46.3 Å². The first kappa shape index (κ1) is 30.8. The van der Waals surface area contributed by atoms with Crippen LogP contribution in [0.4, 0.5) is 0 Å². The van der Waals surface area contributed by atoms with E-state index in [1.807, 2.05) is 19.2 Å². The molecule has 1 aliphatic carbocycles. The number of aromatic hydroxyl groups is 2. The summed E-state index contributed by atoms with van der Waals surface area (Å²) in [5.74, 6) is 2.40. The first-order chi connectivity index (χ1) is 21.4. The second kappa shape index (κ2) is 13.0. The number of fused-ring (bicyclic) bond motifs is 5. The fourth-order valence-electron chi connectivity index (χ4n) is 6.76. The molecule has 2 bridgehead atoms. The molecule has 0 aromatic heterocycles. The van der Waals surface area contributed by atoms with Crippen LogP contribution in [0.15, 0.2) is 36.4 Å². The molecule has 2 heterocycles. The highest BCUT2D eigenvalue weighted by atomic mass is 33.1. The van der Waals surface area contributed by atoms with Gasteiger partial charge in [0.15, 0.2) is 11.5 Å². The molecule has 0 radical (unpaired) electrons. The average molecular weight is 640 g/mol. The molecular weight excluding hydrogens is 602 g/mol. The third-order valence-corrected chi connectivity index (χ3v) is 11.0. The number of likely N-dealkylation sites (N-methyl/N-ethyl adjacent to an activating group) is 1. The number of hydrogen-bond donors (Lipinski definition) is 4. The van der Waals surface area contributed by atoms with Gasteiger partial charge < -0.3 is 39.6 Å². The Morgan fingerprint density at radius 1 is 1.07 bits per heavy atom. The fraction of sp³-hybridized carbons (Fsp3) is 0.424. The van der Waals surface area contributed by atoms with Gasteiger partial charge in [-0.25, -0.2) is 0 Å². The third kappa shape index (κ3) is 5.55. The molecule has 4 N–H and O–H groups in total. The van der Waals surface area contributed by atoms with Crippen molar-refractivity contribution in [2.24, 2.45) is 0 Å². The zero-order valence-corrected chi connectivity index (χ0v) is 26.6. The largest absolute Gasteiger partial charge is 0.508 e. The quantitative estimate of drug-likeness (QED) is 0.133. The van der Waals surface area contributed by atoms with Gasteiger partial charge in [-0.1, -0.05) is 33.7 Å². The second-order valence-corrected chi connectivity index (χ2v) is 13.8. The number of methoxy groups -OCH3 is 1. The number of hydrogen-bond acceptors (Lipinski definition) is 11. The number of carbonyl (C=O) groups is 1. The summed E-state index contributed by atoms with van der Waals surface area (Å²) in [5, 5.41) is 34.8. The standard InChI is InChI=1S/C33H37NO8S2/c1-17(36)41-14-25-21-4-5-22-30-24(11-19(37)12-29(30)39-3)20(6-8-35)26-16-44-43-15-18-10-27(38)28(40-9-7-34-2)13-23(18)32(25)42-33(21)31(22)26/h4-5,10-13,20,25-26,32,34-35,37-38H,6-9,14-16H2,1-3H3. The molecular formula is C33H37NO8S2. The van der Waals surface area contributed by atoms with Crippen LogP contribution in [-0.2, 0) is 15.3 Å². The van der Waals surface area contributed by atoms with E-state index in [9.17, 15) is 20.1 Å². The van der Waals surface area contributed by atoms with Crippen LogP contribution in [-0.4, -0.2) is 67.6 Å². The van der Waals surface area contributed by atoms with Crippen LogP contribution in [0.5, 0.6) is 28.7 Å². The normalized spacial score (nSPS) is 21.4. The number of esters is 1. The van der Waals surface area contributed by atoms with Crippen molar-refractivity contribution in [3.05, 3.63) is 64.2 Å². The summed E-state index contributed by atoms with van der Waals surface area (Å²) in [6.07, 6.45) is 0.00204. The van der Waals surface area contributed by atoms with Crippen molar-refractivity contribution in [1.29, 1.82) is 0 Å². The minimum Gasteiger partial charge on any atom is -0.508 e. The van der Waals surface area contributed by atoms with Crippen LogP contribution in [0.25, 0.3) is 11.1 Å². The summed E-state index contributed by atoms with van der Waals surface area (Å²) in [7, 11) is 6.87. The zero-order valence-electron chi connectivity index (χ0n) is 24.9. The van der Waals surface area contributed by atoms with Gasteiger partial charge in [-0.15, -0.1) is 0 Å². The zero-order chi connectivity index (χ0) is 31.0. The van der Waals surface area contributed by atoms with E-state index in [2.05, 4.69) is 11.4 Å². The van der Waals surface area contributed by atoms with E-state index in [4.69, 9.17) is 18.9 Å². The topological polar surface area (TPSA) is 127 Å². The molecule has 0 amide bonds. The summed E-state index contributed by atoms with van der Waals surface area (Å²) in [4.78, 5) is 12.0. The van der Waals surface area contributed by atoms with Crippen LogP contribution in [0.3, 0.4) is 0 Å². The molecule has 3 aromatic rings. The van der Waals surface area contributed by atoms with Gasteiger partial charge >= 0.3 is 5.97 Å². The molecule has 234 valence electrons. The third-order valence-electron chi connectivity index (χ3n) is 8.69. The van der Waals surface area contributed by atoms with Crippen molar-refractivity contribution in [1.82, 2.24) is 5.32 Å². The van der Waals surface area contributed by atoms with E-state index in [0.717, 1.165) is 50.4 Å². The molecule has 4 atom stereocenters. The second-order valence-electron chi connectivity index (χ2n) is 11.2. The Morgan fingerprint density at radius 2 is 1.91 bits per heavy atom. The monoisotopic (exact) mass is 639 g/mol. The predicted octanol–water partition coefficient (Wildman–Crippen LogP) is 5.61. The molecule has 2 aliphatic heterocycles. The van der Waals surface area contributed by atoms with Crippen molar-refractivity contribution in [3.63, 3.8) is 0 Å². The Balaban J connectivity index is 1.56. The molecule has 3 aliphatic rings. The van der Waals surface area contributed by atoms with Crippen LogP contribution in [0.2, 0.25) is 0 Å². The van der Waals surface area contributed by atoms with Crippen molar-refractivity contribution >= 4 is 27.6 Å². The molecule has 0 saturated heterocycles. The van der Waals surface area contributed by atoms with E-state index in [1.165, 1.54) is 6.92 Å². The summed E-state index contributed by atoms with van der Waals surface area (Å²) < 4.78 is 24.3. The van der Waals surface area contributed by atoms with Gasteiger partial charge in [0.05, 0.1) is 13.0 Å². The van der Waals surface area contributed by atoms with Crippen molar-refractivity contribution in [2.45, 2.75) is 43.0 Å². The van der Waals surface area contributed by atoms with Gasteiger partial charge in [0.2, 0.25) is 0 Å². The Labute approximate surface area is 264 Å². The maximum Gasteiger partial charge on any atom is 0.302 e. The molecule has 0 saturated carbocycles. The van der Waals surface area contributed by atoms with E-state index >= 15 is 0 Å². The Hall–Kier alpha value is -3.25. The van der Waals surface area contributed by atoms with Crippen LogP contribution in [0, 0.1) is 0 Å². The number of benzene rings is 3. The molecule has 3 aromatic carbocycles. The summed E-state index contributed by atoms with van der Waals surface area (Å²) in [6.45, 7) is 2.52. The molecule has 0 spiro atoms. The Bertz CT molecular complexity index is 1560. The molecule has 4 unspecified atom stereocenters. The average Bonchev–Trinajstić information content (AvgIpc) is 3.36. The number of carbonyl (C=O) groups excluding carboxylic acids is 1. The van der Waals surface area contributed by atoms with Crippen LogP contribution < -0.4 is 19.5 Å². The molecule has 9 nitrogen and oxygen atoms in total. The summed E-state index contributed by atoms with van der Waals surface area (Å²) >= 11 is 0. The van der Waals surface area contributed by atoms with E-state index in [0.29, 0.717) is 36.8 Å². The van der Waals surface area contributed by atoms with Gasteiger partial charge in [-0.05, 0) is 54.3 Å². The smallest absolute Gasteiger partial charge is 0.302 e. The number of aliphatic hydroxyl groups excluding tert-OH is 1. The first-order valence-electron chi connectivity index (χ1n) is 14.7. The SMILES string of the molecule is CNCCOc1cc2c(cc1O)CSSCC1c3c(ccc4c3OC2C4COC(C)=O)-c2c(OC)cc(O)cc2C1CCO. The minimum absolute atomic E-state index is 0.0135. The number of rotatable bonds is 9. The predicted molar refractivity (Wildman–Crippen MR) is 171 cm³/mol. The lowest BCUT2D eigenvalue weighted by Crippen LogP contribution is -2.22. The van der Waals surface area contributed by atoms with E-state index in [-0.39, 0.29) is 48.4 Å². The van der Waals surface area contributed by atoms with Gasteiger partial charge in [0, 0.05) is 65.8 Å². The lowest BCUT2D eigenvalue weighted by Gasteiger charge is -2.37. The van der Waals surface area contributed by atoms with Gasteiger partial charge in [0.1, 0.15) is 36.6 Å². The van der Waals surface area contributed by atoms with Gasteiger partial charge in [0.25, 0.3) is 0 Å². The lowest BCUT2D eigenvalue weighted by atomic mass is 9.69. The maximum absolute atomic E-state index is 12.0. The Morgan fingerprint density at radius 3 is 2.66 bits per heavy atom. The number of aliphatic hydroxyl groups is 1. The molecule has 44 heavy (non-hydrogen) atoms. The van der Waals surface area contributed by atoms with Crippen molar-refractivity contribution in [3.8, 4) is 39.9 Å². The summed E-state index contributed by atoms with van der Waals surface area (Å²) in [6, 6.07) is 11.1. The summed E-state index contributed by atoms with van der Waals surface area (Å²) in [5.41, 5.74) is 6.57. The van der Waals surface area contributed by atoms with Crippen molar-refractivity contribution < 1.29 is 39.1 Å². The minimum atomic E-state index is -0.498. The van der Waals surface area contributed by atoms with E-state index < -0.39 is 6.10 Å². The van der Waals surface area contributed by atoms with Crippen LogP contribution in [0.1, 0.15) is 65.0 Å². The first-order valence-corrected chi connectivity index (χ1v) is 17.2. The fourth-order valence-corrected chi connectivity index (χ4v) is 9.22. The number of nitrogens with one attached hydrogen (secondary N) is 1. The molecule has 0 fully saturated rings. The highest BCUT2D eigenvalue weighted by Crippen LogP contribution is 2.61. The lowest BCUT2D eigenvalue weighted by molar-refractivity contribution is -0.141. The highest BCUT2D eigenvalue weighted by molar-refractivity contribution is 8.76. The maximum atomic E-state index is 12.0. The number of ether oxygens (including phenoxy) is 4. The highest BCUT2D eigenvalue weighted by Gasteiger charge is 2.45. The number of phenols is 2.